The molecule has 1 aromatic heterocycles. The number of nitrogens with zero attached hydrogens (tertiary/aromatic N) is 1. The Bertz CT molecular complexity index is 695. The molecule has 1 unspecified atom stereocenters. The van der Waals surface area contributed by atoms with Crippen LogP contribution in [0.1, 0.15) is 53.4 Å². The second-order valence-electron chi connectivity index (χ2n) is 7.39. The summed E-state index contributed by atoms with van der Waals surface area (Å²) in [4.78, 5) is 16.1. The molecular weight excluding hydrogens is 429 g/mol. The van der Waals surface area contributed by atoms with E-state index in [1.165, 1.54) is 16.7 Å². The van der Waals surface area contributed by atoms with Crippen molar-refractivity contribution >= 4 is 26.7 Å². The van der Waals surface area contributed by atoms with Gasteiger partial charge in [0, 0.05) is 0 Å². The number of allylic oxidation sites excluding steroid dienone is 6. The predicted octanol–water partition coefficient (Wildman–Crippen LogP) is 5.33. The van der Waals surface area contributed by atoms with Crippen LogP contribution in [0.5, 0.6) is 0 Å². The summed E-state index contributed by atoms with van der Waals surface area (Å²) >= 11 is 0.260. The molecule has 0 fully saturated rings. The molecule has 5 nitrogen and oxygen atoms in total. The first kappa shape index (κ1) is 25.2. The number of carbonyl (C=O) groups is 1. The zero-order valence-corrected chi connectivity index (χ0v) is 19.8. The van der Waals surface area contributed by atoms with Gasteiger partial charge in [-0.3, -0.25) is 0 Å². The molecule has 0 aromatic carbocycles. The Labute approximate surface area is 181 Å². The first-order valence-corrected chi connectivity index (χ1v) is 12.5. The Hall–Kier alpha value is -1.88. The SMILES string of the molecule is CC(C)=CCCC(C)=CCCC(C)=CC[Se]CC(Nc1ccccn1)C(=O)NO. The fourth-order valence-electron chi connectivity index (χ4n) is 2.61. The topological polar surface area (TPSA) is 74.2 Å². The number of carbonyl (C=O) groups excluding carboxylic acids is 1. The van der Waals surface area contributed by atoms with Gasteiger partial charge in [0.2, 0.25) is 0 Å². The Kier molecular flexibility index (Phi) is 13.0. The molecule has 0 saturated carbocycles. The van der Waals surface area contributed by atoms with E-state index in [4.69, 9.17) is 5.21 Å². The van der Waals surface area contributed by atoms with E-state index in [0.717, 1.165) is 31.0 Å². The molecule has 1 amide bonds. The summed E-state index contributed by atoms with van der Waals surface area (Å²) in [7, 11) is 0. The van der Waals surface area contributed by atoms with Crippen LogP contribution in [0.3, 0.4) is 0 Å². The molecule has 0 aliphatic heterocycles. The van der Waals surface area contributed by atoms with E-state index in [0.29, 0.717) is 11.1 Å². The maximum absolute atomic E-state index is 11.9. The number of hydrogen-bond acceptors (Lipinski definition) is 4. The quantitative estimate of drug-likeness (QED) is 0.121. The van der Waals surface area contributed by atoms with Gasteiger partial charge < -0.3 is 0 Å². The minimum absolute atomic E-state index is 0.260. The Morgan fingerprint density at radius 1 is 1.10 bits per heavy atom. The van der Waals surface area contributed by atoms with Gasteiger partial charge in [-0.25, -0.2) is 0 Å². The normalized spacial score (nSPS) is 13.0. The van der Waals surface area contributed by atoms with Gasteiger partial charge in [0.1, 0.15) is 0 Å². The zero-order valence-electron chi connectivity index (χ0n) is 18.1. The van der Waals surface area contributed by atoms with Gasteiger partial charge in [0.25, 0.3) is 0 Å². The van der Waals surface area contributed by atoms with Crippen LogP contribution < -0.4 is 10.8 Å². The van der Waals surface area contributed by atoms with E-state index in [9.17, 15) is 4.79 Å². The van der Waals surface area contributed by atoms with E-state index in [-0.39, 0.29) is 15.0 Å². The summed E-state index contributed by atoms with van der Waals surface area (Å²) in [6, 6.07) is 5.01. The number of amides is 1. The number of anilines is 1. The first-order valence-electron chi connectivity index (χ1n) is 10.1. The van der Waals surface area contributed by atoms with E-state index in [1.807, 2.05) is 18.2 Å². The minimum atomic E-state index is -0.477. The van der Waals surface area contributed by atoms with Gasteiger partial charge >= 0.3 is 182 Å². The number of aromatic nitrogens is 1. The van der Waals surface area contributed by atoms with Crippen molar-refractivity contribution in [2.24, 2.45) is 0 Å². The van der Waals surface area contributed by atoms with Gasteiger partial charge in [0.05, 0.1) is 0 Å². The first-order chi connectivity index (χ1) is 13.9. The van der Waals surface area contributed by atoms with E-state index in [1.54, 1.807) is 11.7 Å². The maximum atomic E-state index is 11.9. The standard InChI is InChI=1S/C23H35N3O2Se/c1-18(2)9-7-10-19(3)11-8-12-20(4)14-16-29-17-21(23(27)26-28)25-22-13-5-6-15-24-22/h5-6,9,11,13-15,21,28H,7-8,10,12,16-17H2,1-4H3,(H,24,25)(H,26,27). The second-order valence-corrected chi connectivity index (χ2v) is 9.64. The molecule has 1 heterocycles. The Morgan fingerprint density at radius 2 is 1.79 bits per heavy atom. The molecule has 1 aromatic rings. The van der Waals surface area contributed by atoms with Gasteiger partial charge in [-0.1, -0.05) is 0 Å². The molecular formula is C23H35N3O2Se. The number of rotatable bonds is 13. The van der Waals surface area contributed by atoms with Gasteiger partial charge in [0.15, 0.2) is 0 Å². The summed E-state index contributed by atoms with van der Waals surface area (Å²) in [6.45, 7) is 8.66. The molecule has 1 atom stereocenters. The van der Waals surface area contributed by atoms with Crippen molar-refractivity contribution < 1.29 is 10.0 Å². The molecule has 160 valence electrons. The molecule has 0 bridgehead atoms. The van der Waals surface area contributed by atoms with Crippen LogP contribution in [0.4, 0.5) is 5.82 Å². The number of pyridine rings is 1. The summed E-state index contributed by atoms with van der Waals surface area (Å²) < 4.78 is 0. The Morgan fingerprint density at radius 3 is 2.41 bits per heavy atom. The van der Waals surface area contributed by atoms with Crippen LogP contribution in [-0.4, -0.2) is 37.1 Å². The average molecular weight is 465 g/mol. The average Bonchev–Trinajstić information content (AvgIpc) is 2.70. The molecule has 0 aliphatic carbocycles. The van der Waals surface area contributed by atoms with Crippen molar-refractivity contribution in [2.75, 3.05) is 5.32 Å². The second kappa shape index (κ2) is 15.0. The predicted molar refractivity (Wildman–Crippen MR) is 122 cm³/mol. The summed E-state index contributed by atoms with van der Waals surface area (Å²) in [5.74, 6) is 0.210. The third-order valence-electron chi connectivity index (χ3n) is 4.37. The Balaban J connectivity index is 2.36. The zero-order chi connectivity index (χ0) is 21.5. The molecule has 6 heteroatoms. The molecule has 29 heavy (non-hydrogen) atoms. The molecule has 0 radical (unpaired) electrons. The van der Waals surface area contributed by atoms with Crippen molar-refractivity contribution in [2.45, 2.75) is 70.1 Å². The fraction of sp³-hybridized carbons (Fsp3) is 0.478. The van der Waals surface area contributed by atoms with Crippen LogP contribution in [-0.2, 0) is 4.79 Å². The van der Waals surface area contributed by atoms with E-state index in [2.05, 4.69) is 56.2 Å². The van der Waals surface area contributed by atoms with Crippen LogP contribution in [0.25, 0.3) is 0 Å². The van der Waals surface area contributed by atoms with E-state index < -0.39 is 11.9 Å². The summed E-state index contributed by atoms with van der Waals surface area (Å²) in [5.41, 5.74) is 5.98. The van der Waals surface area contributed by atoms with Crippen molar-refractivity contribution in [1.82, 2.24) is 10.5 Å². The monoisotopic (exact) mass is 465 g/mol. The molecule has 3 N–H and O–H groups in total. The third kappa shape index (κ3) is 12.3. The van der Waals surface area contributed by atoms with Crippen molar-refractivity contribution in [1.29, 1.82) is 0 Å². The van der Waals surface area contributed by atoms with Crippen molar-refractivity contribution in [3.05, 3.63) is 59.3 Å². The number of nitrogens with one attached hydrogen (secondary N) is 2. The summed E-state index contributed by atoms with van der Waals surface area (Å²) in [6.07, 6.45) is 13.0. The number of hydroxylamine groups is 1. The molecule has 0 saturated heterocycles. The van der Waals surface area contributed by atoms with Crippen LogP contribution in [0, 0.1) is 0 Å². The molecule has 1 rings (SSSR count). The van der Waals surface area contributed by atoms with E-state index >= 15 is 0 Å². The fourth-order valence-corrected chi connectivity index (χ4v) is 4.73. The third-order valence-corrected chi connectivity index (χ3v) is 6.41. The van der Waals surface area contributed by atoms with Crippen LogP contribution >= 0.6 is 0 Å². The number of hydrogen-bond donors (Lipinski definition) is 3. The van der Waals surface area contributed by atoms with Gasteiger partial charge in [-0.2, -0.15) is 0 Å². The van der Waals surface area contributed by atoms with Crippen LogP contribution in [0.15, 0.2) is 59.3 Å². The van der Waals surface area contributed by atoms with Gasteiger partial charge in [-0.05, 0) is 0 Å². The molecule has 0 aliphatic rings. The molecule has 0 spiro atoms. The summed E-state index contributed by atoms with van der Waals surface area (Å²) in [5, 5.41) is 13.7. The van der Waals surface area contributed by atoms with Crippen LogP contribution in [0.2, 0.25) is 10.6 Å². The van der Waals surface area contributed by atoms with Crippen molar-refractivity contribution in [3.63, 3.8) is 0 Å². The van der Waals surface area contributed by atoms with Gasteiger partial charge in [-0.15, -0.1) is 0 Å². The van der Waals surface area contributed by atoms with Crippen molar-refractivity contribution in [3.8, 4) is 0 Å².